The molecule has 0 saturated carbocycles. The predicted octanol–water partition coefficient (Wildman–Crippen LogP) is 2.64. The molecular weight excluding hydrogens is 250 g/mol. The van der Waals surface area contributed by atoms with Crippen molar-refractivity contribution in [1.82, 2.24) is 5.32 Å². The first-order valence-electron chi connectivity index (χ1n) is 6.98. The highest BCUT2D eigenvalue weighted by atomic mass is 16.5. The van der Waals surface area contributed by atoms with E-state index in [0.29, 0.717) is 0 Å². The number of hydrogen-bond donors (Lipinski definition) is 1. The Labute approximate surface area is 117 Å². The van der Waals surface area contributed by atoms with Gasteiger partial charge in [-0.15, -0.1) is 0 Å². The zero-order chi connectivity index (χ0) is 13.5. The van der Waals surface area contributed by atoms with Gasteiger partial charge in [0.2, 0.25) is 0 Å². The van der Waals surface area contributed by atoms with E-state index in [0.717, 1.165) is 47.5 Å². The molecule has 0 aromatic heterocycles. The van der Waals surface area contributed by atoms with Crippen LogP contribution in [0.25, 0.3) is 11.1 Å². The van der Waals surface area contributed by atoms with Crippen LogP contribution in [0.3, 0.4) is 0 Å². The highest BCUT2D eigenvalue weighted by Crippen LogP contribution is 2.38. The SMILES string of the molecule is O=C1c2ccccc2-c2ccc(O[C@H]3CCNC3)cc21. The lowest BCUT2D eigenvalue weighted by atomic mass is 10.1. The molecule has 1 saturated heterocycles. The minimum absolute atomic E-state index is 0.102. The van der Waals surface area contributed by atoms with Crippen molar-refractivity contribution in [3.05, 3.63) is 53.6 Å². The van der Waals surface area contributed by atoms with Gasteiger partial charge < -0.3 is 10.1 Å². The number of hydrogen-bond acceptors (Lipinski definition) is 3. The largest absolute Gasteiger partial charge is 0.489 e. The molecule has 1 aliphatic carbocycles. The maximum Gasteiger partial charge on any atom is 0.194 e. The smallest absolute Gasteiger partial charge is 0.194 e. The minimum atomic E-state index is 0.102. The topological polar surface area (TPSA) is 38.3 Å². The first-order valence-corrected chi connectivity index (χ1v) is 6.98. The summed E-state index contributed by atoms with van der Waals surface area (Å²) in [4.78, 5) is 12.4. The Hall–Kier alpha value is -2.13. The van der Waals surface area contributed by atoms with Crippen molar-refractivity contribution in [1.29, 1.82) is 0 Å². The van der Waals surface area contributed by atoms with E-state index in [4.69, 9.17) is 4.74 Å². The second-order valence-electron chi connectivity index (χ2n) is 5.31. The Balaban J connectivity index is 1.71. The van der Waals surface area contributed by atoms with Crippen LogP contribution in [0.4, 0.5) is 0 Å². The van der Waals surface area contributed by atoms with E-state index in [9.17, 15) is 4.79 Å². The number of carbonyl (C=O) groups excluding carboxylic acids is 1. The van der Waals surface area contributed by atoms with E-state index in [-0.39, 0.29) is 11.9 Å². The monoisotopic (exact) mass is 265 g/mol. The third kappa shape index (κ3) is 1.74. The van der Waals surface area contributed by atoms with Gasteiger partial charge in [0, 0.05) is 17.7 Å². The van der Waals surface area contributed by atoms with Crippen LogP contribution in [0, 0.1) is 0 Å². The predicted molar refractivity (Wildman–Crippen MR) is 77.2 cm³/mol. The van der Waals surface area contributed by atoms with E-state index >= 15 is 0 Å². The molecule has 2 aliphatic rings. The maximum atomic E-state index is 12.4. The summed E-state index contributed by atoms with van der Waals surface area (Å²) in [6.45, 7) is 1.88. The van der Waals surface area contributed by atoms with Gasteiger partial charge in [-0.2, -0.15) is 0 Å². The summed E-state index contributed by atoms with van der Waals surface area (Å²) in [7, 11) is 0. The Morgan fingerprint density at radius 1 is 1.00 bits per heavy atom. The van der Waals surface area contributed by atoms with E-state index in [1.807, 2.05) is 42.5 Å². The van der Waals surface area contributed by atoms with E-state index in [1.54, 1.807) is 0 Å². The molecule has 4 rings (SSSR count). The highest BCUT2D eigenvalue weighted by Gasteiger charge is 2.27. The number of fused-ring (bicyclic) bond motifs is 3. The fourth-order valence-corrected chi connectivity index (χ4v) is 3.00. The van der Waals surface area contributed by atoms with E-state index in [1.165, 1.54) is 0 Å². The summed E-state index contributed by atoms with van der Waals surface area (Å²) >= 11 is 0. The zero-order valence-corrected chi connectivity index (χ0v) is 11.1. The fraction of sp³-hybridized carbons (Fsp3) is 0.235. The van der Waals surface area contributed by atoms with Crippen LogP contribution in [0.5, 0.6) is 5.75 Å². The third-order valence-corrected chi connectivity index (χ3v) is 4.02. The number of ether oxygens (including phenoxy) is 1. The molecule has 1 N–H and O–H groups in total. The van der Waals surface area contributed by atoms with Gasteiger partial charge in [-0.25, -0.2) is 0 Å². The molecule has 2 aromatic rings. The van der Waals surface area contributed by atoms with Crippen LogP contribution in [0.15, 0.2) is 42.5 Å². The Morgan fingerprint density at radius 2 is 1.80 bits per heavy atom. The van der Waals surface area contributed by atoms with Gasteiger partial charge in [0.15, 0.2) is 5.78 Å². The maximum absolute atomic E-state index is 12.4. The average Bonchev–Trinajstić information content (AvgIpc) is 3.08. The standard InChI is InChI=1S/C17H15NO2/c19-17-15-4-2-1-3-13(15)14-6-5-11(9-16(14)17)20-12-7-8-18-10-12/h1-6,9,12,18H,7-8,10H2/t12-/m0/s1. The molecule has 20 heavy (non-hydrogen) atoms. The molecule has 0 bridgehead atoms. The minimum Gasteiger partial charge on any atom is -0.489 e. The van der Waals surface area contributed by atoms with Crippen molar-refractivity contribution in [2.24, 2.45) is 0 Å². The summed E-state index contributed by atoms with van der Waals surface area (Å²) in [6.07, 6.45) is 1.23. The number of nitrogens with one attached hydrogen (secondary N) is 1. The molecule has 3 heteroatoms. The summed E-state index contributed by atoms with van der Waals surface area (Å²) in [6, 6.07) is 13.6. The zero-order valence-electron chi connectivity index (χ0n) is 11.1. The van der Waals surface area contributed by atoms with Gasteiger partial charge in [-0.05, 0) is 42.3 Å². The van der Waals surface area contributed by atoms with Crippen molar-refractivity contribution >= 4 is 5.78 Å². The van der Waals surface area contributed by atoms with Crippen LogP contribution in [0.1, 0.15) is 22.3 Å². The lowest BCUT2D eigenvalue weighted by Gasteiger charge is -2.13. The lowest BCUT2D eigenvalue weighted by molar-refractivity contribution is 0.104. The van der Waals surface area contributed by atoms with Crippen molar-refractivity contribution < 1.29 is 9.53 Å². The summed E-state index contributed by atoms with van der Waals surface area (Å²) in [5, 5.41) is 3.28. The van der Waals surface area contributed by atoms with E-state index in [2.05, 4.69) is 5.32 Å². The molecular formula is C17H15NO2. The van der Waals surface area contributed by atoms with Gasteiger partial charge in [0.05, 0.1) is 0 Å². The van der Waals surface area contributed by atoms with Crippen LogP contribution in [-0.4, -0.2) is 25.0 Å². The lowest BCUT2D eigenvalue weighted by Crippen LogP contribution is -2.19. The van der Waals surface area contributed by atoms with Crippen LogP contribution in [0.2, 0.25) is 0 Å². The molecule has 1 aliphatic heterocycles. The van der Waals surface area contributed by atoms with Gasteiger partial charge in [0.25, 0.3) is 0 Å². The van der Waals surface area contributed by atoms with Crippen molar-refractivity contribution in [2.75, 3.05) is 13.1 Å². The first-order chi connectivity index (χ1) is 9.83. The van der Waals surface area contributed by atoms with Crippen LogP contribution < -0.4 is 10.1 Å². The molecule has 2 aromatic carbocycles. The quantitative estimate of drug-likeness (QED) is 0.774. The van der Waals surface area contributed by atoms with Gasteiger partial charge in [0.1, 0.15) is 11.9 Å². The second kappa shape index (κ2) is 4.46. The van der Waals surface area contributed by atoms with Crippen molar-refractivity contribution in [3.8, 4) is 16.9 Å². The highest BCUT2D eigenvalue weighted by molar-refractivity contribution is 6.21. The Morgan fingerprint density at radius 3 is 2.60 bits per heavy atom. The van der Waals surface area contributed by atoms with E-state index < -0.39 is 0 Å². The van der Waals surface area contributed by atoms with Gasteiger partial charge in [-0.1, -0.05) is 24.3 Å². The molecule has 0 unspecified atom stereocenters. The number of rotatable bonds is 2. The van der Waals surface area contributed by atoms with Crippen LogP contribution in [-0.2, 0) is 0 Å². The number of ketones is 1. The summed E-state index contributed by atoms with van der Waals surface area (Å²) in [5.74, 6) is 0.893. The molecule has 0 radical (unpaired) electrons. The fourth-order valence-electron chi connectivity index (χ4n) is 3.00. The molecule has 0 spiro atoms. The molecule has 1 atom stereocenters. The van der Waals surface area contributed by atoms with Gasteiger partial charge in [-0.3, -0.25) is 4.79 Å². The first kappa shape index (κ1) is 11.7. The normalized spacial score (nSPS) is 19.8. The molecule has 0 amide bonds. The van der Waals surface area contributed by atoms with Crippen molar-refractivity contribution in [2.45, 2.75) is 12.5 Å². The molecule has 100 valence electrons. The van der Waals surface area contributed by atoms with Gasteiger partial charge >= 0.3 is 0 Å². The Bertz CT molecular complexity index is 687. The summed E-state index contributed by atoms with van der Waals surface area (Å²) in [5.41, 5.74) is 3.60. The number of benzene rings is 2. The van der Waals surface area contributed by atoms with Crippen molar-refractivity contribution in [3.63, 3.8) is 0 Å². The Kier molecular flexibility index (Phi) is 2.60. The molecule has 1 fully saturated rings. The molecule has 3 nitrogen and oxygen atoms in total. The third-order valence-electron chi connectivity index (χ3n) is 4.02. The van der Waals surface area contributed by atoms with Crippen LogP contribution >= 0.6 is 0 Å². The molecule has 1 heterocycles. The second-order valence-corrected chi connectivity index (χ2v) is 5.31. The summed E-state index contributed by atoms with van der Waals surface area (Å²) < 4.78 is 5.93. The number of carbonyl (C=O) groups is 1. The average molecular weight is 265 g/mol.